The number of nitrogens with one attached hydrogen (secondary N) is 2. The van der Waals surface area contributed by atoms with Gasteiger partial charge in [0, 0.05) is 5.69 Å². The van der Waals surface area contributed by atoms with E-state index >= 15 is 0 Å². The summed E-state index contributed by atoms with van der Waals surface area (Å²) in [4.78, 5) is 24.1. The molecule has 0 unspecified atom stereocenters. The van der Waals surface area contributed by atoms with E-state index in [4.69, 9.17) is 14.2 Å². The van der Waals surface area contributed by atoms with Gasteiger partial charge in [0.1, 0.15) is 12.4 Å². The van der Waals surface area contributed by atoms with Gasteiger partial charge in [0.25, 0.3) is 11.8 Å². The molecular formula is C18H16N2O5. The van der Waals surface area contributed by atoms with Crippen LogP contribution in [-0.4, -0.2) is 30.6 Å². The van der Waals surface area contributed by atoms with Gasteiger partial charge in [0.15, 0.2) is 17.6 Å². The van der Waals surface area contributed by atoms with Crippen LogP contribution in [0.4, 0.5) is 11.4 Å². The lowest BCUT2D eigenvalue weighted by Gasteiger charge is -2.26. The van der Waals surface area contributed by atoms with Crippen LogP contribution in [0.5, 0.6) is 17.2 Å². The zero-order valence-electron chi connectivity index (χ0n) is 13.4. The Balaban J connectivity index is 1.47. The SMILES string of the molecule is C[C@@H]1Oc2ccc(NC(=O)[C@@H]3COc4ccccc4O3)cc2NC1=O. The van der Waals surface area contributed by atoms with Crippen LogP contribution in [0.25, 0.3) is 0 Å². The minimum atomic E-state index is -0.753. The summed E-state index contributed by atoms with van der Waals surface area (Å²) < 4.78 is 16.7. The second-order valence-corrected chi connectivity index (χ2v) is 5.81. The van der Waals surface area contributed by atoms with Crippen molar-refractivity contribution in [2.75, 3.05) is 17.2 Å². The van der Waals surface area contributed by atoms with Gasteiger partial charge in [-0.2, -0.15) is 0 Å². The monoisotopic (exact) mass is 340 g/mol. The average molecular weight is 340 g/mol. The van der Waals surface area contributed by atoms with E-state index in [-0.39, 0.29) is 18.4 Å². The first-order valence-electron chi connectivity index (χ1n) is 7.91. The fraction of sp³-hybridized carbons (Fsp3) is 0.222. The maximum atomic E-state index is 12.4. The van der Waals surface area contributed by atoms with Crippen molar-refractivity contribution in [3.05, 3.63) is 42.5 Å². The standard InChI is InChI=1S/C18H16N2O5/c1-10-17(21)20-12-8-11(6-7-13(12)24-10)19-18(22)16-9-23-14-4-2-3-5-15(14)25-16/h2-8,10,16H,9H2,1H3,(H,19,22)(H,20,21)/t10-,16-/m0/s1. The molecule has 0 aromatic heterocycles. The summed E-state index contributed by atoms with van der Waals surface area (Å²) in [7, 11) is 0. The molecule has 0 radical (unpaired) electrons. The van der Waals surface area contributed by atoms with Crippen molar-refractivity contribution in [2.45, 2.75) is 19.1 Å². The number of benzene rings is 2. The summed E-state index contributed by atoms with van der Waals surface area (Å²) in [5, 5.41) is 5.51. The van der Waals surface area contributed by atoms with Crippen LogP contribution < -0.4 is 24.8 Å². The molecule has 0 saturated carbocycles. The number of hydrogen-bond acceptors (Lipinski definition) is 5. The number of hydrogen-bond donors (Lipinski definition) is 2. The molecule has 4 rings (SSSR count). The van der Waals surface area contributed by atoms with Crippen LogP contribution in [0.1, 0.15) is 6.92 Å². The number of carbonyl (C=O) groups excluding carboxylic acids is 2. The predicted molar refractivity (Wildman–Crippen MR) is 90.1 cm³/mol. The predicted octanol–water partition coefficient (Wildman–Crippen LogP) is 2.18. The second kappa shape index (κ2) is 6.01. The van der Waals surface area contributed by atoms with Gasteiger partial charge in [-0.05, 0) is 37.3 Å². The number of amides is 2. The quantitative estimate of drug-likeness (QED) is 0.875. The lowest BCUT2D eigenvalue weighted by atomic mass is 10.2. The molecule has 2 aromatic carbocycles. The van der Waals surface area contributed by atoms with Gasteiger partial charge in [-0.15, -0.1) is 0 Å². The Bertz CT molecular complexity index is 851. The summed E-state index contributed by atoms with van der Waals surface area (Å²) in [6, 6.07) is 12.3. The number of carbonyl (C=O) groups is 2. The largest absolute Gasteiger partial charge is 0.485 e. The van der Waals surface area contributed by atoms with Crippen molar-refractivity contribution in [2.24, 2.45) is 0 Å². The smallest absolute Gasteiger partial charge is 0.269 e. The van der Waals surface area contributed by atoms with Gasteiger partial charge in [0.05, 0.1) is 5.69 Å². The van der Waals surface area contributed by atoms with E-state index in [2.05, 4.69) is 10.6 Å². The van der Waals surface area contributed by atoms with E-state index < -0.39 is 12.2 Å². The number of anilines is 2. The number of para-hydroxylation sites is 2. The van der Waals surface area contributed by atoms with Crippen LogP contribution in [-0.2, 0) is 9.59 Å². The molecule has 0 aliphatic carbocycles. The maximum absolute atomic E-state index is 12.4. The van der Waals surface area contributed by atoms with E-state index in [0.29, 0.717) is 28.6 Å². The fourth-order valence-electron chi connectivity index (χ4n) is 2.66. The van der Waals surface area contributed by atoms with E-state index in [0.717, 1.165) is 0 Å². The molecule has 2 amide bonds. The summed E-state index contributed by atoms with van der Waals surface area (Å²) >= 11 is 0. The highest BCUT2D eigenvalue weighted by Gasteiger charge is 2.28. The number of ether oxygens (including phenoxy) is 3. The normalized spacial score (nSPS) is 20.8. The first kappa shape index (κ1) is 15.3. The van der Waals surface area contributed by atoms with Crippen molar-refractivity contribution < 1.29 is 23.8 Å². The zero-order chi connectivity index (χ0) is 17.4. The molecule has 2 N–H and O–H groups in total. The van der Waals surface area contributed by atoms with Gasteiger partial charge in [-0.25, -0.2) is 0 Å². The third-order valence-electron chi connectivity index (χ3n) is 3.98. The first-order chi connectivity index (χ1) is 12.1. The number of rotatable bonds is 2. The molecule has 0 spiro atoms. The molecule has 25 heavy (non-hydrogen) atoms. The Morgan fingerprint density at radius 1 is 1.12 bits per heavy atom. The topological polar surface area (TPSA) is 85.9 Å². The Hall–Kier alpha value is -3.22. The van der Waals surface area contributed by atoms with Gasteiger partial charge < -0.3 is 24.8 Å². The third kappa shape index (κ3) is 2.96. The summed E-state index contributed by atoms with van der Waals surface area (Å²) in [5.74, 6) is 1.17. The Morgan fingerprint density at radius 2 is 1.92 bits per heavy atom. The van der Waals surface area contributed by atoms with Crippen LogP contribution in [0, 0.1) is 0 Å². The van der Waals surface area contributed by atoms with E-state index in [1.165, 1.54) is 0 Å². The lowest BCUT2D eigenvalue weighted by molar-refractivity contribution is -0.125. The summed E-state index contributed by atoms with van der Waals surface area (Å²) in [6.07, 6.45) is -1.29. The summed E-state index contributed by atoms with van der Waals surface area (Å²) in [5.41, 5.74) is 1.05. The molecule has 7 heteroatoms. The highest BCUT2D eigenvalue weighted by Crippen LogP contribution is 2.33. The average Bonchev–Trinajstić information content (AvgIpc) is 2.62. The van der Waals surface area contributed by atoms with Crippen LogP contribution in [0.2, 0.25) is 0 Å². The Kier molecular flexibility index (Phi) is 3.68. The third-order valence-corrected chi connectivity index (χ3v) is 3.98. The molecule has 2 aromatic rings. The second-order valence-electron chi connectivity index (χ2n) is 5.81. The van der Waals surface area contributed by atoms with Gasteiger partial charge in [0.2, 0.25) is 6.10 Å². The molecule has 2 aliphatic rings. The highest BCUT2D eigenvalue weighted by molar-refractivity contribution is 6.00. The van der Waals surface area contributed by atoms with Crippen molar-refractivity contribution in [3.63, 3.8) is 0 Å². The molecule has 2 atom stereocenters. The summed E-state index contributed by atoms with van der Waals surface area (Å²) in [6.45, 7) is 1.80. The molecule has 0 bridgehead atoms. The number of fused-ring (bicyclic) bond motifs is 2. The molecule has 128 valence electrons. The molecule has 2 heterocycles. The van der Waals surface area contributed by atoms with E-state index in [1.807, 2.05) is 12.1 Å². The van der Waals surface area contributed by atoms with Crippen molar-refractivity contribution in [3.8, 4) is 17.2 Å². The van der Waals surface area contributed by atoms with Crippen LogP contribution >= 0.6 is 0 Å². The van der Waals surface area contributed by atoms with Crippen LogP contribution in [0.15, 0.2) is 42.5 Å². The highest BCUT2D eigenvalue weighted by atomic mass is 16.6. The Morgan fingerprint density at radius 3 is 2.76 bits per heavy atom. The minimum absolute atomic E-state index is 0.130. The lowest BCUT2D eigenvalue weighted by Crippen LogP contribution is -2.40. The molecule has 2 aliphatic heterocycles. The van der Waals surface area contributed by atoms with Crippen molar-refractivity contribution >= 4 is 23.2 Å². The van der Waals surface area contributed by atoms with E-state index in [1.54, 1.807) is 37.3 Å². The fourth-order valence-corrected chi connectivity index (χ4v) is 2.66. The molecule has 0 saturated heterocycles. The first-order valence-corrected chi connectivity index (χ1v) is 7.91. The van der Waals surface area contributed by atoms with Crippen molar-refractivity contribution in [1.29, 1.82) is 0 Å². The minimum Gasteiger partial charge on any atom is -0.485 e. The van der Waals surface area contributed by atoms with Crippen molar-refractivity contribution in [1.82, 2.24) is 0 Å². The molecule has 0 fully saturated rings. The maximum Gasteiger partial charge on any atom is 0.269 e. The van der Waals surface area contributed by atoms with Gasteiger partial charge in [-0.3, -0.25) is 9.59 Å². The molecule has 7 nitrogen and oxygen atoms in total. The Labute approximate surface area is 143 Å². The zero-order valence-corrected chi connectivity index (χ0v) is 13.4. The van der Waals surface area contributed by atoms with Gasteiger partial charge in [-0.1, -0.05) is 12.1 Å². The van der Waals surface area contributed by atoms with Gasteiger partial charge >= 0.3 is 0 Å². The molecular weight excluding hydrogens is 324 g/mol. The van der Waals surface area contributed by atoms with E-state index in [9.17, 15) is 9.59 Å². The van der Waals surface area contributed by atoms with Crippen LogP contribution in [0.3, 0.4) is 0 Å².